The minimum Gasteiger partial charge on any atom is -0.507 e. The van der Waals surface area contributed by atoms with Crippen LogP contribution in [0.5, 0.6) is 11.5 Å². The Morgan fingerprint density at radius 2 is 1.65 bits per heavy atom. The van der Waals surface area contributed by atoms with E-state index in [4.69, 9.17) is 9.47 Å². The summed E-state index contributed by atoms with van der Waals surface area (Å²) < 4.78 is 11.0. The lowest BCUT2D eigenvalue weighted by Crippen LogP contribution is -2.29. The lowest BCUT2D eigenvalue weighted by atomic mass is 9.95. The van der Waals surface area contributed by atoms with E-state index in [1.54, 1.807) is 25.4 Å². The molecule has 2 heterocycles. The van der Waals surface area contributed by atoms with Crippen LogP contribution in [0.15, 0.2) is 84.6 Å². The number of fused-ring (bicyclic) bond motifs is 1. The third-order valence-corrected chi connectivity index (χ3v) is 6.46. The highest BCUT2D eigenvalue weighted by Gasteiger charge is 2.46. The molecule has 2 N–H and O–H groups in total. The fourth-order valence-electron chi connectivity index (χ4n) is 4.73. The third-order valence-electron chi connectivity index (χ3n) is 6.46. The van der Waals surface area contributed by atoms with Crippen LogP contribution in [-0.2, 0) is 16.1 Å². The molecule has 0 saturated carbocycles. The first-order valence-electron chi connectivity index (χ1n) is 12.1. The second kappa shape index (κ2) is 9.85. The summed E-state index contributed by atoms with van der Waals surface area (Å²) in [6, 6.07) is 21.3. The number of benzene rings is 3. The molecule has 1 aliphatic rings. The van der Waals surface area contributed by atoms with Crippen LogP contribution in [0, 0.1) is 0 Å². The Labute approximate surface area is 214 Å². The molecular weight excluding hydrogens is 468 g/mol. The number of ketones is 1. The monoisotopic (exact) mass is 496 g/mol. The number of methoxy groups -OCH3 is 1. The predicted octanol–water partition coefficient (Wildman–Crippen LogP) is 5.59. The zero-order chi connectivity index (χ0) is 26.1. The van der Waals surface area contributed by atoms with Gasteiger partial charge >= 0.3 is 0 Å². The molecule has 3 aromatic carbocycles. The Kier molecular flexibility index (Phi) is 6.44. The van der Waals surface area contributed by atoms with Gasteiger partial charge in [-0.15, -0.1) is 0 Å². The summed E-state index contributed by atoms with van der Waals surface area (Å²) in [4.78, 5) is 31.4. The molecule has 1 aromatic heterocycles. The molecule has 0 radical (unpaired) electrons. The van der Waals surface area contributed by atoms with Gasteiger partial charge < -0.3 is 24.5 Å². The standard InChI is InChI=1S/C30H28N2O5/c1-18(2)37-22-12-8-19(9-13-22)17-32-27(20-10-14-21(36-3)15-11-20)26(29(34)30(32)35)28(33)24-16-31-25-7-5-4-6-23(24)25/h4-16,18,27,31,33H,17H2,1-3H3/b28-26-. The molecule has 1 amide bonds. The highest BCUT2D eigenvalue weighted by molar-refractivity contribution is 6.46. The van der Waals surface area contributed by atoms with E-state index in [9.17, 15) is 14.7 Å². The average Bonchev–Trinajstić information content (AvgIpc) is 3.44. The van der Waals surface area contributed by atoms with Crippen molar-refractivity contribution >= 4 is 28.4 Å². The molecule has 188 valence electrons. The number of carbonyl (C=O) groups excluding carboxylic acids is 2. The Hall–Kier alpha value is -4.52. The van der Waals surface area contributed by atoms with E-state index in [1.807, 2.05) is 74.5 Å². The van der Waals surface area contributed by atoms with Gasteiger partial charge in [-0.1, -0.05) is 42.5 Å². The maximum Gasteiger partial charge on any atom is 0.295 e. The van der Waals surface area contributed by atoms with Gasteiger partial charge in [0.2, 0.25) is 0 Å². The number of aromatic nitrogens is 1. The largest absolute Gasteiger partial charge is 0.507 e. The van der Waals surface area contributed by atoms with Crippen molar-refractivity contribution in [3.63, 3.8) is 0 Å². The SMILES string of the molecule is COc1ccc(C2/C(=C(/O)c3c[nH]c4ccccc34)C(=O)C(=O)N2Cc2ccc(OC(C)C)cc2)cc1. The molecule has 7 heteroatoms. The van der Waals surface area contributed by atoms with Crippen LogP contribution in [-0.4, -0.2) is 39.9 Å². The summed E-state index contributed by atoms with van der Waals surface area (Å²) >= 11 is 0. The maximum absolute atomic E-state index is 13.4. The normalized spacial score (nSPS) is 17.1. The number of nitrogens with one attached hydrogen (secondary N) is 1. The van der Waals surface area contributed by atoms with Gasteiger partial charge in [0, 0.05) is 29.2 Å². The fraction of sp³-hybridized carbons (Fsp3) is 0.200. The fourth-order valence-corrected chi connectivity index (χ4v) is 4.73. The molecule has 5 rings (SSSR count). The van der Waals surface area contributed by atoms with Gasteiger partial charge in [0.05, 0.1) is 24.8 Å². The quantitative estimate of drug-likeness (QED) is 0.198. The van der Waals surface area contributed by atoms with Gasteiger partial charge in [-0.25, -0.2) is 0 Å². The highest BCUT2D eigenvalue weighted by atomic mass is 16.5. The number of hydrogen-bond acceptors (Lipinski definition) is 5. The second-order valence-electron chi connectivity index (χ2n) is 9.26. The molecule has 0 aliphatic carbocycles. The lowest BCUT2D eigenvalue weighted by molar-refractivity contribution is -0.140. The summed E-state index contributed by atoms with van der Waals surface area (Å²) in [5, 5.41) is 12.2. The average molecular weight is 497 g/mol. The number of ether oxygens (including phenoxy) is 2. The number of aliphatic hydroxyl groups excluding tert-OH is 1. The van der Waals surface area contributed by atoms with Crippen molar-refractivity contribution in [1.29, 1.82) is 0 Å². The number of rotatable bonds is 7. The van der Waals surface area contributed by atoms with E-state index in [-0.39, 0.29) is 24.0 Å². The molecule has 1 aliphatic heterocycles. The molecule has 1 unspecified atom stereocenters. The number of nitrogens with zero attached hydrogens (tertiary/aromatic N) is 1. The Morgan fingerprint density at radius 1 is 0.973 bits per heavy atom. The highest BCUT2D eigenvalue weighted by Crippen LogP contribution is 2.41. The summed E-state index contributed by atoms with van der Waals surface area (Å²) in [7, 11) is 1.57. The van der Waals surface area contributed by atoms with E-state index in [2.05, 4.69) is 4.98 Å². The van der Waals surface area contributed by atoms with Gasteiger partial charge in [0.1, 0.15) is 17.3 Å². The topological polar surface area (TPSA) is 91.9 Å². The zero-order valence-corrected chi connectivity index (χ0v) is 20.9. The van der Waals surface area contributed by atoms with Gasteiger partial charge in [-0.2, -0.15) is 0 Å². The molecule has 37 heavy (non-hydrogen) atoms. The summed E-state index contributed by atoms with van der Waals surface area (Å²) in [6.45, 7) is 4.10. The van der Waals surface area contributed by atoms with E-state index >= 15 is 0 Å². The van der Waals surface area contributed by atoms with Crippen LogP contribution in [0.4, 0.5) is 0 Å². The maximum atomic E-state index is 13.4. The first kappa shape index (κ1) is 24.2. The van der Waals surface area contributed by atoms with Crippen molar-refractivity contribution in [3.05, 3.63) is 101 Å². The minimum atomic E-state index is -0.772. The van der Waals surface area contributed by atoms with Crippen LogP contribution in [0.3, 0.4) is 0 Å². The number of carbonyl (C=O) groups is 2. The zero-order valence-electron chi connectivity index (χ0n) is 20.9. The van der Waals surface area contributed by atoms with Crippen LogP contribution in [0.1, 0.15) is 36.6 Å². The number of amides is 1. The Bertz CT molecular complexity index is 1480. The molecule has 1 fully saturated rings. The number of likely N-dealkylation sites (tertiary alicyclic amines) is 1. The molecule has 0 spiro atoms. The van der Waals surface area contributed by atoms with Crippen molar-refractivity contribution in [2.75, 3.05) is 7.11 Å². The molecule has 1 atom stereocenters. The number of H-pyrrole nitrogens is 1. The summed E-state index contributed by atoms with van der Waals surface area (Å²) in [5.74, 6) is -0.210. The van der Waals surface area contributed by atoms with Crippen molar-refractivity contribution in [1.82, 2.24) is 9.88 Å². The molecule has 7 nitrogen and oxygen atoms in total. The molecule has 0 bridgehead atoms. The van der Waals surface area contributed by atoms with E-state index < -0.39 is 17.7 Å². The Balaban J connectivity index is 1.59. The van der Waals surface area contributed by atoms with E-state index in [0.717, 1.165) is 22.2 Å². The van der Waals surface area contributed by atoms with Crippen molar-refractivity contribution < 1.29 is 24.2 Å². The number of aromatic amines is 1. The molecular formula is C30H28N2O5. The first-order chi connectivity index (χ1) is 17.9. The number of para-hydroxylation sites is 1. The van der Waals surface area contributed by atoms with Gasteiger partial charge in [0.15, 0.2) is 0 Å². The van der Waals surface area contributed by atoms with Crippen LogP contribution < -0.4 is 9.47 Å². The van der Waals surface area contributed by atoms with Gasteiger partial charge in [-0.3, -0.25) is 9.59 Å². The summed E-state index contributed by atoms with van der Waals surface area (Å²) in [5.41, 5.74) is 2.88. The smallest absolute Gasteiger partial charge is 0.295 e. The Morgan fingerprint density at radius 3 is 2.32 bits per heavy atom. The van der Waals surface area contributed by atoms with Crippen molar-refractivity contribution in [2.24, 2.45) is 0 Å². The van der Waals surface area contributed by atoms with Crippen LogP contribution >= 0.6 is 0 Å². The van der Waals surface area contributed by atoms with Crippen molar-refractivity contribution in [3.8, 4) is 11.5 Å². The number of Topliss-reactive ketones (excluding diaryl/α,β-unsaturated/α-hetero) is 1. The summed E-state index contributed by atoms with van der Waals surface area (Å²) in [6.07, 6.45) is 1.70. The van der Waals surface area contributed by atoms with Crippen molar-refractivity contribution in [2.45, 2.75) is 32.5 Å². The van der Waals surface area contributed by atoms with Gasteiger partial charge in [-0.05, 0) is 55.3 Å². The molecule has 4 aromatic rings. The number of hydrogen-bond donors (Lipinski definition) is 2. The molecule has 1 saturated heterocycles. The van der Waals surface area contributed by atoms with Gasteiger partial charge in [0.25, 0.3) is 11.7 Å². The predicted molar refractivity (Wildman–Crippen MR) is 141 cm³/mol. The van der Waals surface area contributed by atoms with E-state index in [1.165, 1.54) is 4.90 Å². The van der Waals surface area contributed by atoms with Crippen LogP contribution in [0.25, 0.3) is 16.7 Å². The number of aliphatic hydroxyl groups is 1. The first-order valence-corrected chi connectivity index (χ1v) is 12.1. The minimum absolute atomic E-state index is 0.0447. The third kappa shape index (κ3) is 4.56. The second-order valence-corrected chi connectivity index (χ2v) is 9.26. The van der Waals surface area contributed by atoms with Crippen LogP contribution in [0.2, 0.25) is 0 Å². The lowest BCUT2D eigenvalue weighted by Gasteiger charge is -2.25. The van der Waals surface area contributed by atoms with E-state index in [0.29, 0.717) is 16.9 Å².